The highest BCUT2D eigenvalue weighted by molar-refractivity contribution is 6.32. The van der Waals surface area contributed by atoms with E-state index in [0.717, 1.165) is 19.1 Å². The van der Waals surface area contributed by atoms with Crippen molar-refractivity contribution < 1.29 is 4.79 Å². The molecule has 1 aliphatic rings. The molecule has 104 valence electrons. The molecular weight excluding hydrogens is 262 g/mol. The fourth-order valence-corrected chi connectivity index (χ4v) is 2.75. The molecular formula is C14H20ClN3O. The van der Waals surface area contributed by atoms with E-state index in [4.69, 9.17) is 11.6 Å². The first-order chi connectivity index (χ1) is 8.91. The highest BCUT2D eigenvalue weighted by Gasteiger charge is 2.27. The lowest BCUT2D eigenvalue weighted by atomic mass is 9.75. The van der Waals surface area contributed by atoms with Crippen LogP contribution in [0.25, 0.3) is 0 Å². The summed E-state index contributed by atoms with van der Waals surface area (Å²) in [6.07, 6.45) is 5.26. The third kappa shape index (κ3) is 3.44. The molecule has 5 heteroatoms. The molecule has 0 aromatic carbocycles. The molecule has 0 unspecified atom stereocenters. The molecule has 0 spiro atoms. The number of aryl methyl sites for hydroxylation is 1. The Kier molecular flexibility index (Phi) is 4.09. The largest absolute Gasteiger partial charge is 0.367 e. The Morgan fingerprint density at radius 2 is 1.95 bits per heavy atom. The van der Waals surface area contributed by atoms with Gasteiger partial charge in [-0.15, -0.1) is 0 Å². The molecule has 0 bridgehead atoms. The topological polar surface area (TPSA) is 54.9 Å². The van der Waals surface area contributed by atoms with Gasteiger partial charge in [0.15, 0.2) is 6.29 Å². The molecule has 0 aliphatic heterocycles. The van der Waals surface area contributed by atoms with E-state index < -0.39 is 0 Å². The van der Waals surface area contributed by atoms with E-state index in [9.17, 15) is 4.79 Å². The second-order valence-electron chi connectivity index (χ2n) is 6.02. The number of rotatable bonds is 3. The molecule has 1 aromatic rings. The van der Waals surface area contributed by atoms with E-state index in [1.165, 1.54) is 12.8 Å². The number of halogens is 1. The van der Waals surface area contributed by atoms with Crippen LogP contribution in [0.15, 0.2) is 0 Å². The van der Waals surface area contributed by atoms with Crippen LogP contribution in [0.1, 0.15) is 55.7 Å². The molecule has 1 fully saturated rings. The van der Waals surface area contributed by atoms with Gasteiger partial charge in [0.25, 0.3) is 0 Å². The van der Waals surface area contributed by atoms with Crippen molar-refractivity contribution in [2.75, 3.05) is 5.32 Å². The SMILES string of the molecule is Cc1nc(Cl)c(C=O)c(NC2CCC(C)(C)CC2)n1. The molecule has 1 aliphatic carbocycles. The average molecular weight is 282 g/mol. The van der Waals surface area contributed by atoms with Crippen molar-refractivity contribution >= 4 is 23.7 Å². The fourth-order valence-electron chi connectivity index (χ4n) is 2.50. The molecule has 19 heavy (non-hydrogen) atoms. The summed E-state index contributed by atoms with van der Waals surface area (Å²) in [5, 5.41) is 3.58. The number of aromatic nitrogens is 2. The molecule has 0 radical (unpaired) electrons. The summed E-state index contributed by atoms with van der Waals surface area (Å²) in [4.78, 5) is 19.4. The fraction of sp³-hybridized carbons (Fsp3) is 0.643. The van der Waals surface area contributed by atoms with Gasteiger partial charge in [0.05, 0.1) is 5.56 Å². The zero-order valence-corrected chi connectivity index (χ0v) is 12.4. The maximum absolute atomic E-state index is 11.1. The molecule has 1 aromatic heterocycles. The Bertz CT molecular complexity index is 478. The third-order valence-electron chi connectivity index (χ3n) is 3.81. The monoisotopic (exact) mass is 281 g/mol. The van der Waals surface area contributed by atoms with Crippen molar-refractivity contribution in [2.24, 2.45) is 5.41 Å². The molecule has 1 heterocycles. The van der Waals surface area contributed by atoms with Crippen LogP contribution >= 0.6 is 11.6 Å². The molecule has 1 N–H and O–H groups in total. The second-order valence-corrected chi connectivity index (χ2v) is 6.38. The van der Waals surface area contributed by atoms with Gasteiger partial charge < -0.3 is 5.32 Å². The first kappa shape index (κ1) is 14.3. The predicted octanol–water partition coefficient (Wildman–Crippen LogP) is 3.63. The van der Waals surface area contributed by atoms with Crippen LogP contribution in [0.2, 0.25) is 5.15 Å². The highest BCUT2D eigenvalue weighted by atomic mass is 35.5. The van der Waals surface area contributed by atoms with E-state index in [1.54, 1.807) is 6.92 Å². The smallest absolute Gasteiger partial charge is 0.156 e. The van der Waals surface area contributed by atoms with Gasteiger partial charge in [0.1, 0.15) is 16.8 Å². The van der Waals surface area contributed by atoms with E-state index >= 15 is 0 Å². The standard InChI is InChI=1S/C14H20ClN3O/c1-9-16-12(15)11(8-19)13(17-9)18-10-4-6-14(2,3)7-5-10/h8,10H,4-7H2,1-3H3,(H,16,17,18). The van der Waals surface area contributed by atoms with Gasteiger partial charge in [-0.1, -0.05) is 25.4 Å². The Balaban J connectivity index is 2.13. The number of carbonyl (C=O) groups excluding carboxylic acids is 1. The second kappa shape index (κ2) is 5.45. The molecule has 1 saturated carbocycles. The average Bonchev–Trinajstić information content (AvgIpc) is 2.31. The number of nitrogens with one attached hydrogen (secondary N) is 1. The molecule has 0 saturated heterocycles. The Morgan fingerprint density at radius 3 is 2.53 bits per heavy atom. The van der Waals surface area contributed by atoms with Crippen LogP contribution in [0.3, 0.4) is 0 Å². The number of hydrogen-bond donors (Lipinski definition) is 1. The van der Waals surface area contributed by atoms with Crippen molar-refractivity contribution in [3.05, 3.63) is 16.5 Å². The maximum atomic E-state index is 11.1. The van der Waals surface area contributed by atoms with Gasteiger partial charge >= 0.3 is 0 Å². The number of anilines is 1. The Hall–Kier alpha value is -1.16. The maximum Gasteiger partial charge on any atom is 0.156 e. The van der Waals surface area contributed by atoms with Gasteiger partial charge in [-0.3, -0.25) is 4.79 Å². The third-order valence-corrected chi connectivity index (χ3v) is 4.10. The van der Waals surface area contributed by atoms with Crippen LogP contribution in [0, 0.1) is 12.3 Å². The van der Waals surface area contributed by atoms with Crippen LogP contribution in [0.5, 0.6) is 0 Å². The van der Waals surface area contributed by atoms with Gasteiger partial charge in [0.2, 0.25) is 0 Å². The highest BCUT2D eigenvalue weighted by Crippen LogP contribution is 2.36. The van der Waals surface area contributed by atoms with Crippen molar-refractivity contribution in [2.45, 2.75) is 52.5 Å². The predicted molar refractivity (Wildman–Crippen MR) is 76.8 cm³/mol. The van der Waals surface area contributed by atoms with Gasteiger partial charge in [-0.25, -0.2) is 9.97 Å². The van der Waals surface area contributed by atoms with Crippen molar-refractivity contribution in [3.8, 4) is 0 Å². The summed E-state index contributed by atoms with van der Waals surface area (Å²) in [6, 6.07) is 0.358. The first-order valence-electron chi connectivity index (χ1n) is 6.67. The number of aldehydes is 1. The van der Waals surface area contributed by atoms with E-state index in [1.807, 2.05) is 0 Å². The lowest BCUT2D eigenvalue weighted by molar-refractivity contribution is 0.112. The minimum Gasteiger partial charge on any atom is -0.367 e. The van der Waals surface area contributed by atoms with E-state index in [0.29, 0.717) is 28.7 Å². The summed E-state index contributed by atoms with van der Waals surface area (Å²) in [5.41, 5.74) is 0.780. The van der Waals surface area contributed by atoms with Crippen LogP contribution < -0.4 is 5.32 Å². The minimum atomic E-state index is 0.223. The quantitative estimate of drug-likeness (QED) is 0.679. The van der Waals surface area contributed by atoms with Gasteiger partial charge in [0, 0.05) is 6.04 Å². The first-order valence-corrected chi connectivity index (χ1v) is 7.05. The van der Waals surface area contributed by atoms with Crippen LogP contribution in [0.4, 0.5) is 5.82 Å². The zero-order chi connectivity index (χ0) is 14.0. The van der Waals surface area contributed by atoms with Crippen molar-refractivity contribution in [3.63, 3.8) is 0 Å². The molecule has 2 rings (SSSR count). The van der Waals surface area contributed by atoms with E-state index in [2.05, 4.69) is 29.1 Å². The van der Waals surface area contributed by atoms with Crippen LogP contribution in [-0.4, -0.2) is 22.3 Å². The van der Waals surface area contributed by atoms with Gasteiger partial charge in [-0.05, 0) is 38.0 Å². The zero-order valence-electron chi connectivity index (χ0n) is 11.7. The minimum absolute atomic E-state index is 0.223. The lowest BCUT2D eigenvalue weighted by Crippen LogP contribution is -2.30. The molecule has 4 nitrogen and oxygen atoms in total. The number of hydrogen-bond acceptors (Lipinski definition) is 4. The summed E-state index contributed by atoms with van der Waals surface area (Å²) in [5.74, 6) is 1.14. The summed E-state index contributed by atoms with van der Waals surface area (Å²) in [6.45, 7) is 6.37. The number of nitrogens with zero attached hydrogens (tertiary/aromatic N) is 2. The normalized spacial score (nSPS) is 19.2. The Morgan fingerprint density at radius 1 is 1.32 bits per heavy atom. The van der Waals surface area contributed by atoms with Crippen molar-refractivity contribution in [1.29, 1.82) is 0 Å². The molecule has 0 amide bonds. The van der Waals surface area contributed by atoms with Gasteiger partial charge in [-0.2, -0.15) is 0 Å². The lowest BCUT2D eigenvalue weighted by Gasteiger charge is -2.35. The Labute approximate surface area is 119 Å². The van der Waals surface area contributed by atoms with E-state index in [-0.39, 0.29) is 5.15 Å². The molecule has 0 atom stereocenters. The summed E-state index contributed by atoms with van der Waals surface area (Å²) < 4.78 is 0. The summed E-state index contributed by atoms with van der Waals surface area (Å²) >= 11 is 5.98. The summed E-state index contributed by atoms with van der Waals surface area (Å²) in [7, 11) is 0. The van der Waals surface area contributed by atoms with Crippen LogP contribution in [-0.2, 0) is 0 Å². The number of carbonyl (C=O) groups is 1. The van der Waals surface area contributed by atoms with Crippen molar-refractivity contribution in [1.82, 2.24) is 9.97 Å².